The first-order chi connectivity index (χ1) is 12.7. The van der Waals surface area contributed by atoms with Gasteiger partial charge in [-0.25, -0.2) is 0 Å². The number of carbonyl (C=O) groups is 1. The van der Waals surface area contributed by atoms with Gasteiger partial charge in [0.25, 0.3) is 5.91 Å². The summed E-state index contributed by atoms with van der Waals surface area (Å²) < 4.78 is 16.7. The molecule has 0 aromatic heterocycles. The number of fused-ring (bicyclic) bond motifs is 1. The van der Waals surface area contributed by atoms with Crippen molar-refractivity contribution in [2.24, 2.45) is 0 Å². The van der Waals surface area contributed by atoms with Crippen LogP contribution in [0.4, 0.5) is 5.69 Å². The molecule has 2 aromatic rings. The molecule has 0 saturated carbocycles. The maximum atomic E-state index is 12.8. The van der Waals surface area contributed by atoms with Gasteiger partial charge in [-0.15, -0.1) is 0 Å². The normalized spacial score (nSPS) is 19.2. The van der Waals surface area contributed by atoms with Crippen LogP contribution >= 0.6 is 0 Å². The molecular formula is C20H22N2O4. The third-order valence-corrected chi connectivity index (χ3v) is 4.81. The number of hydrogen-bond acceptors (Lipinski definition) is 5. The lowest BCUT2D eigenvalue weighted by Gasteiger charge is -2.38. The van der Waals surface area contributed by atoms with E-state index in [1.54, 1.807) is 7.11 Å². The van der Waals surface area contributed by atoms with E-state index in [2.05, 4.69) is 4.90 Å². The predicted molar refractivity (Wildman–Crippen MR) is 98.1 cm³/mol. The van der Waals surface area contributed by atoms with Crippen LogP contribution in [-0.4, -0.2) is 56.8 Å². The number of nitrogens with zero attached hydrogens (tertiary/aromatic N) is 2. The van der Waals surface area contributed by atoms with Gasteiger partial charge in [0.15, 0.2) is 11.5 Å². The third-order valence-electron chi connectivity index (χ3n) is 4.81. The Hall–Kier alpha value is -2.89. The molecule has 2 heterocycles. The summed E-state index contributed by atoms with van der Waals surface area (Å²) in [5.41, 5.74) is 1.14. The average Bonchev–Trinajstić information content (AvgIpc) is 2.73. The lowest BCUT2D eigenvalue weighted by Crippen LogP contribution is -2.54. The summed E-state index contributed by atoms with van der Waals surface area (Å²) in [6, 6.07) is 15.5. The lowest BCUT2D eigenvalue weighted by atomic mass is 10.2. The number of rotatable bonds is 3. The number of anilines is 1. The summed E-state index contributed by atoms with van der Waals surface area (Å²) in [7, 11) is 1.66. The quantitative estimate of drug-likeness (QED) is 0.846. The van der Waals surface area contributed by atoms with Crippen molar-refractivity contribution in [3.63, 3.8) is 0 Å². The van der Waals surface area contributed by atoms with Crippen molar-refractivity contribution in [2.45, 2.75) is 6.10 Å². The summed E-state index contributed by atoms with van der Waals surface area (Å²) >= 11 is 0. The van der Waals surface area contributed by atoms with Crippen LogP contribution in [0.25, 0.3) is 0 Å². The molecule has 1 amide bonds. The molecule has 0 spiro atoms. The molecule has 0 aliphatic carbocycles. The first-order valence-corrected chi connectivity index (χ1v) is 8.81. The number of amides is 1. The van der Waals surface area contributed by atoms with Crippen LogP contribution < -0.4 is 19.1 Å². The van der Waals surface area contributed by atoms with Crippen LogP contribution in [0.15, 0.2) is 48.5 Å². The summed E-state index contributed by atoms with van der Waals surface area (Å²) in [5, 5.41) is 0. The Morgan fingerprint density at radius 2 is 1.69 bits per heavy atom. The van der Waals surface area contributed by atoms with Crippen LogP contribution in [0.5, 0.6) is 17.2 Å². The number of para-hydroxylation sites is 2. The zero-order valence-corrected chi connectivity index (χ0v) is 14.8. The van der Waals surface area contributed by atoms with E-state index >= 15 is 0 Å². The lowest BCUT2D eigenvalue weighted by molar-refractivity contribution is -0.141. The maximum Gasteiger partial charge on any atom is 0.267 e. The highest BCUT2D eigenvalue weighted by atomic mass is 16.6. The Balaban J connectivity index is 1.35. The van der Waals surface area contributed by atoms with E-state index in [1.807, 2.05) is 53.4 Å². The maximum absolute atomic E-state index is 12.8. The van der Waals surface area contributed by atoms with E-state index < -0.39 is 6.10 Å². The average molecular weight is 354 g/mol. The largest absolute Gasteiger partial charge is 0.497 e. The van der Waals surface area contributed by atoms with Crippen LogP contribution in [-0.2, 0) is 4.79 Å². The van der Waals surface area contributed by atoms with Gasteiger partial charge in [0, 0.05) is 31.9 Å². The van der Waals surface area contributed by atoms with Crippen molar-refractivity contribution >= 4 is 11.6 Å². The van der Waals surface area contributed by atoms with Gasteiger partial charge in [-0.1, -0.05) is 12.1 Å². The summed E-state index contributed by atoms with van der Waals surface area (Å²) in [6.45, 7) is 3.19. The smallest absolute Gasteiger partial charge is 0.267 e. The second-order valence-electron chi connectivity index (χ2n) is 6.37. The van der Waals surface area contributed by atoms with Gasteiger partial charge in [0.2, 0.25) is 6.10 Å². The topological polar surface area (TPSA) is 51.2 Å². The SMILES string of the molecule is COc1ccc(N2CCN(C(=O)[C@@H]3COc4ccccc4O3)CC2)cc1. The van der Waals surface area contributed by atoms with Crippen molar-refractivity contribution in [3.05, 3.63) is 48.5 Å². The first kappa shape index (κ1) is 16.6. The summed E-state index contributed by atoms with van der Waals surface area (Å²) in [5.74, 6) is 2.17. The molecular weight excluding hydrogens is 332 g/mol. The second-order valence-corrected chi connectivity index (χ2v) is 6.37. The minimum atomic E-state index is -0.572. The van der Waals surface area contributed by atoms with Gasteiger partial charge in [0.1, 0.15) is 12.4 Å². The zero-order chi connectivity index (χ0) is 17.9. The van der Waals surface area contributed by atoms with Crippen molar-refractivity contribution in [3.8, 4) is 17.2 Å². The van der Waals surface area contributed by atoms with Crippen LogP contribution in [0, 0.1) is 0 Å². The molecule has 0 N–H and O–H groups in total. The number of carbonyl (C=O) groups excluding carboxylic acids is 1. The molecule has 0 radical (unpaired) electrons. The molecule has 4 rings (SSSR count). The standard InChI is InChI=1S/C20H22N2O4/c1-24-16-8-6-15(7-9-16)21-10-12-22(13-11-21)20(23)19-14-25-17-4-2-3-5-18(17)26-19/h2-9,19H,10-14H2,1H3/t19-/m0/s1. The van der Waals surface area contributed by atoms with E-state index in [-0.39, 0.29) is 12.5 Å². The van der Waals surface area contributed by atoms with Gasteiger partial charge in [0.05, 0.1) is 7.11 Å². The first-order valence-electron chi connectivity index (χ1n) is 8.81. The van der Waals surface area contributed by atoms with Gasteiger partial charge >= 0.3 is 0 Å². The highest BCUT2D eigenvalue weighted by Gasteiger charge is 2.32. The van der Waals surface area contributed by atoms with E-state index in [4.69, 9.17) is 14.2 Å². The minimum Gasteiger partial charge on any atom is -0.497 e. The van der Waals surface area contributed by atoms with Gasteiger partial charge in [-0.05, 0) is 36.4 Å². The number of ether oxygens (including phenoxy) is 3. The fourth-order valence-electron chi connectivity index (χ4n) is 3.32. The molecule has 2 aliphatic heterocycles. The van der Waals surface area contributed by atoms with Crippen molar-refractivity contribution in [1.82, 2.24) is 4.90 Å². The molecule has 2 aromatic carbocycles. The van der Waals surface area contributed by atoms with Gasteiger partial charge in [-0.2, -0.15) is 0 Å². The van der Waals surface area contributed by atoms with E-state index in [0.29, 0.717) is 24.6 Å². The molecule has 1 saturated heterocycles. The Bertz CT molecular complexity index is 770. The predicted octanol–water partition coefficient (Wildman–Crippen LogP) is 2.18. The summed E-state index contributed by atoms with van der Waals surface area (Å²) in [4.78, 5) is 16.9. The van der Waals surface area contributed by atoms with Crippen LogP contribution in [0.1, 0.15) is 0 Å². The molecule has 1 atom stereocenters. The summed E-state index contributed by atoms with van der Waals surface area (Å²) in [6.07, 6.45) is -0.572. The number of hydrogen-bond donors (Lipinski definition) is 0. The van der Waals surface area contributed by atoms with Crippen molar-refractivity contribution in [1.29, 1.82) is 0 Å². The monoisotopic (exact) mass is 354 g/mol. The van der Waals surface area contributed by atoms with E-state index in [0.717, 1.165) is 24.5 Å². The molecule has 0 bridgehead atoms. The number of piperazine rings is 1. The second kappa shape index (κ2) is 7.15. The Kier molecular flexibility index (Phi) is 4.56. The fraction of sp³-hybridized carbons (Fsp3) is 0.350. The molecule has 2 aliphatic rings. The van der Waals surface area contributed by atoms with E-state index in [1.165, 1.54) is 0 Å². The molecule has 1 fully saturated rings. The highest BCUT2D eigenvalue weighted by molar-refractivity contribution is 5.82. The van der Waals surface area contributed by atoms with Gasteiger partial charge in [-0.3, -0.25) is 4.79 Å². The minimum absolute atomic E-state index is 0.00566. The molecule has 136 valence electrons. The third kappa shape index (κ3) is 3.27. The fourth-order valence-corrected chi connectivity index (χ4v) is 3.32. The number of methoxy groups -OCH3 is 1. The van der Waals surface area contributed by atoms with Crippen molar-refractivity contribution < 1.29 is 19.0 Å². The zero-order valence-electron chi connectivity index (χ0n) is 14.8. The van der Waals surface area contributed by atoms with Crippen LogP contribution in [0.2, 0.25) is 0 Å². The Morgan fingerprint density at radius 3 is 2.38 bits per heavy atom. The van der Waals surface area contributed by atoms with Gasteiger partial charge < -0.3 is 24.0 Å². The highest BCUT2D eigenvalue weighted by Crippen LogP contribution is 2.31. The Morgan fingerprint density at radius 1 is 1.00 bits per heavy atom. The van der Waals surface area contributed by atoms with Crippen molar-refractivity contribution in [2.75, 3.05) is 44.8 Å². The number of benzene rings is 2. The molecule has 6 nitrogen and oxygen atoms in total. The Labute approximate surface area is 152 Å². The van der Waals surface area contributed by atoms with E-state index in [9.17, 15) is 4.79 Å². The molecule has 26 heavy (non-hydrogen) atoms. The molecule has 6 heteroatoms. The van der Waals surface area contributed by atoms with Crippen LogP contribution in [0.3, 0.4) is 0 Å². The molecule has 0 unspecified atom stereocenters.